The average Bonchev–Trinajstić information content (AvgIpc) is 3.56. The molecule has 0 bridgehead atoms. The van der Waals surface area contributed by atoms with Gasteiger partial charge in [0.05, 0.1) is 0 Å². The molecule has 0 fully saturated rings. The molecule has 7 aromatic carbocycles. The molecule has 0 N–H and O–H groups in total. The molecule has 2 aromatic heterocycles. The lowest BCUT2D eigenvalue weighted by Gasteiger charge is -2.09. The molecule has 0 aliphatic rings. The highest BCUT2D eigenvalue weighted by molar-refractivity contribution is 6.06. The van der Waals surface area contributed by atoms with Gasteiger partial charge in [-0.1, -0.05) is 152 Å². The van der Waals surface area contributed by atoms with Crippen LogP contribution in [0.25, 0.3) is 89.5 Å². The van der Waals surface area contributed by atoms with Gasteiger partial charge in [-0.15, -0.1) is 0 Å². The Bertz CT molecular complexity index is 2560. The van der Waals surface area contributed by atoms with Crippen LogP contribution in [-0.2, 0) is 0 Å². The van der Waals surface area contributed by atoms with Crippen LogP contribution in [0.2, 0.25) is 0 Å². The van der Waals surface area contributed by atoms with Crippen LogP contribution >= 0.6 is 0 Å². The maximum absolute atomic E-state index is 6.48. The molecular weight excluding hydrogens is 599 g/mol. The van der Waals surface area contributed by atoms with E-state index in [0.29, 0.717) is 17.5 Å². The van der Waals surface area contributed by atoms with Gasteiger partial charge in [0.15, 0.2) is 17.5 Å². The number of rotatable bonds is 6. The first-order valence-electron chi connectivity index (χ1n) is 16.4. The summed E-state index contributed by atoms with van der Waals surface area (Å²) in [6.07, 6.45) is 0. The molecule has 0 aliphatic heterocycles. The lowest BCUT2D eigenvalue weighted by molar-refractivity contribution is 0.669. The Balaban J connectivity index is 1.09. The second-order valence-electron chi connectivity index (χ2n) is 12.1. The van der Waals surface area contributed by atoms with Crippen molar-refractivity contribution in [3.8, 4) is 67.5 Å². The van der Waals surface area contributed by atoms with Crippen molar-refractivity contribution < 1.29 is 4.42 Å². The number of furan rings is 1. The van der Waals surface area contributed by atoms with E-state index in [0.717, 1.165) is 55.3 Å². The number of hydrogen-bond acceptors (Lipinski definition) is 4. The third kappa shape index (κ3) is 5.56. The second kappa shape index (κ2) is 12.2. The van der Waals surface area contributed by atoms with Gasteiger partial charge in [0.25, 0.3) is 0 Å². The summed E-state index contributed by atoms with van der Waals surface area (Å²) < 4.78 is 6.48. The molecule has 0 spiro atoms. The van der Waals surface area contributed by atoms with Crippen molar-refractivity contribution >= 4 is 21.9 Å². The summed E-state index contributed by atoms with van der Waals surface area (Å²) in [5.41, 5.74) is 11.3. The van der Waals surface area contributed by atoms with E-state index in [1.807, 2.05) is 48.5 Å². The number of aromatic nitrogens is 3. The molecule has 0 saturated carbocycles. The standard InChI is InChI=1S/C45H29N3O/c1-4-10-30(11-5-1)32-16-18-34(19-17-32)37-24-26-39-40-27-25-38(29-42(40)49-41(39)28-37)45-47-43(35-14-8-3-9-15-35)46-44(48-45)36-22-20-33(21-23-36)31-12-6-2-7-13-31/h1-29H. The number of fused-ring (bicyclic) bond motifs is 3. The Morgan fingerprint density at radius 2 is 0.571 bits per heavy atom. The summed E-state index contributed by atoms with van der Waals surface area (Å²) in [7, 11) is 0. The van der Waals surface area contributed by atoms with Gasteiger partial charge >= 0.3 is 0 Å². The molecule has 230 valence electrons. The van der Waals surface area contributed by atoms with Crippen LogP contribution in [0.4, 0.5) is 0 Å². The minimum Gasteiger partial charge on any atom is -0.456 e. The van der Waals surface area contributed by atoms with Crippen LogP contribution in [0.1, 0.15) is 0 Å². The van der Waals surface area contributed by atoms with Crippen molar-refractivity contribution in [3.05, 3.63) is 176 Å². The normalized spacial score (nSPS) is 11.3. The van der Waals surface area contributed by atoms with Gasteiger partial charge in [-0.05, 0) is 57.6 Å². The smallest absolute Gasteiger partial charge is 0.164 e. The van der Waals surface area contributed by atoms with Gasteiger partial charge in [-0.2, -0.15) is 0 Å². The van der Waals surface area contributed by atoms with Crippen molar-refractivity contribution in [2.75, 3.05) is 0 Å². The van der Waals surface area contributed by atoms with Gasteiger partial charge in [-0.25, -0.2) is 15.0 Å². The Labute approximate surface area is 284 Å². The third-order valence-electron chi connectivity index (χ3n) is 8.97. The van der Waals surface area contributed by atoms with E-state index in [2.05, 4.69) is 127 Å². The van der Waals surface area contributed by atoms with E-state index in [-0.39, 0.29) is 0 Å². The monoisotopic (exact) mass is 627 g/mol. The summed E-state index contributed by atoms with van der Waals surface area (Å²) in [6.45, 7) is 0. The Hall–Kier alpha value is -6.65. The molecule has 49 heavy (non-hydrogen) atoms. The minimum atomic E-state index is 0.595. The summed E-state index contributed by atoms with van der Waals surface area (Å²) >= 11 is 0. The molecule has 9 rings (SSSR count). The van der Waals surface area contributed by atoms with Crippen molar-refractivity contribution in [1.29, 1.82) is 0 Å². The Kier molecular flexibility index (Phi) is 7.10. The zero-order valence-electron chi connectivity index (χ0n) is 26.5. The molecule has 0 unspecified atom stereocenters. The fourth-order valence-electron chi connectivity index (χ4n) is 6.37. The lowest BCUT2D eigenvalue weighted by Crippen LogP contribution is -2.00. The zero-order chi connectivity index (χ0) is 32.6. The van der Waals surface area contributed by atoms with Crippen LogP contribution < -0.4 is 0 Å². The summed E-state index contributed by atoms with van der Waals surface area (Å²) in [6, 6.07) is 60.5. The fraction of sp³-hybridized carbons (Fsp3) is 0. The zero-order valence-corrected chi connectivity index (χ0v) is 26.5. The predicted octanol–water partition coefficient (Wildman–Crippen LogP) is 11.8. The third-order valence-corrected chi connectivity index (χ3v) is 8.97. The van der Waals surface area contributed by atoms with E-state index in [1.165, 1.54) is 16.7 Å². The molecule has 2 heterocycles. The molecule has 0 saturated heterocycles. The molecular formula is C45H29N3O. The predicted molar refractivity (Wildman–Crippen MR) is 200 cm³/mol. The molecule has 9 aromatic rings. The van der Waals surface area contributed by atoms with Crippen LogP contribution in [0.5, 0.6) is 0 Å². The summed E-state index contributed by atoms with van der Waals surface area (Å²) in [5.74, 6) is 1.84. The maximum Gasteiger partial charge on any atom is 0.164 e. The van der Waals surface area contributed by atoms with Gasteiger partial charge in [0.2, 0.25) is 0 Å². The van der Waals surface area contributed by atoms with Crippen molar-refractivity contribution in [2.24, 2.45) is 0 Å². The van der Waals surface area contributed by atoms with E-state index in [9.17, 15) is 0 Å². The SMILES string of the molecule is c1ccc(-c2ccc(-c3ccc4c(c3)oc3cc(-c5nc(-c6ccccc6)nc(-c6ccc(-c7ccccc7)cc6)n5)ccc34)cc2)cc1. The number of benzene rings is 7. The molecule has 4 nitrogen and oxygen atoms in total. The average molecular weight is 628 g/mol. The van der Waals surface area contributed by atoms with Crippen molar-refractivity contribution in [3.63, 3.8) is 0 Å². The highest BCUT2D eigenvalue weighted by atomic mass is 16.3. The van der Waals surface area contributed by atoms with Crippen LogP contribution in [-0.4, -0.2) is 15.0 Å². The molecule has 4 heteroatoms. The van der Waals surface area contributed by atoms with E-state index in [4.69, 9.17) is 19.4 Å². The lowest BCUT2D eigenvalue weighted by atomic mass is 9.99. The van der Waals surface area contributed by atoms with Gasteiger partial charge in [0.1, 0.15) is 11.2 Å². The van der Waals surface area contributed by atoms with Crippen LogP contribution in [0.15, 0.2) is 180 Å². The Morgan fingerprint density at radius 1 is 0.265 bits per heavy atom. The van der Waals surface area contributed by atoms with E-state index >= 15 is 0 Å². The first-order valence-corrected chi connectivity index (χ1v) is 16.4. The van der Waals surface area contributed by atoms with E-state index in [1.54, 1.807) is 0 Å². The van der Waals surface area contributed by atoms with Crippen molar-refractivity contribution in [2.45, 2.75) is 0 Å². The highest BCUT2D eigenvalue weighted by Crippen LogP contribution is 2.35. The number of hydrogen-bond donors (Lipinski definition) is 0. The van der Waals surface area contributed by atoms with Gasteiger partial charge < -0.3 is 4.42 Å². The summed E-state index contributed by atoms with van der Waals surface area (Å²) in [5, 5.41) is 2.13. The largest absolute Gasteiger partial charge is 0.456 e. The Morgan fingerprint density at radius 3 is 1.06 bits per heavy atom. The quantitative estimate of drug-likeness (QED) is 0.184. The van der Waals surface area contributed by atoms with Crippen LogP contribution in [0.3, 0.4) is 0 Å². The number of nitrogens with zero attached hydrogens (tertiary/aromatic N) is 3. The van der Waals surface area contributed by atoms with Crippen molar-refractivity contribution in [1.82, 2.24) is 15.0 Å². The molecule has 0 radical (unpaired) electrons. The van der Waals surface area contributed by atoms with Gasteiger partial charge in [-0.3, -0.25) is 0 Å². The topological polar surface area (TPSA) is 51.8 Å². The fourth-order valence-corrected chi connectivity index (χ4v) is 6.37. The van der Waals surface area contributed by atoms with E-state index < -0.39 is 0 Å². The van der Waals surface area contributed by atoms with Crippen LogP contribution in [0, 0.1) is 0 Å². The molecule has 0 atom stereocenters. The maximum atomic E-state index is 6.48. The highest BCUT2D eigenvalue weighted by Gasteiger charge is 2.15. The van der Waals surface area contributed by atoms with Gasteiger partial charge in [0, 0.05) is 27.5 Å². The minimum absolute atomic E-state index is 0.595. The summed E-state index contributed by atoms with van der Waals surface area (Å²) in [4.78, 5) is 14.8. The molecule has 0 amide bonds. The first kappa shape index (κ1) is 28.6. The molecule has 0 aliphatic carbocycles. The first-order chi connectivity index (χ1) is 24.2. The second-order valence-corrected chi connectivity index (χ2v) is 12.1.